The molecule has 0 saturated carbocycles. The van der Waals surface area contributed by atoms with E-state index in [1.54, 1.807) is 12.1 Å². The van der Waals surface area contributed by atoms with E-state index in [0.717, 1.165) is 0 Å². The Kier molecular flexibility index (Phi) is 4.17. The van der Waals surface area contributed by atoms with E-state index in [9.17, 15) is 0 Å². The second-order valence-corrected chi connectivity index (χ2v) is 6.23. The summed E-state index contributed by atoms with van der Waals surface area (Å²) >= 11 is 20.1. The zero-order chi connectivity index (χ0) is 9.90. The average Bonchev–Trinajstić information content (AvgIpc) is 2.04. The van der Waals surface area contributed by atoms with Gasteiger partial charge in [-0.1, -0.05) is 53.0 Å². The monoisotopic (exact) mass is 302 g/mol. The Balaban J connectivity index is 2.61. The lowest BCUT2D eigenvalue weighted by molar-refractivity contribution is 0.289. The number of para-hydroxylation sites is 1. The van der Waals surface area contributed by atoms with Crippen molar-refractivity contribution in [1.82, 2.24) is 0 Å². The number of hydrogen-bond donors (Lipinski definition) is 0. The van der Waals surface area contributed by atoms with Gasteiger partial charge in [-0.2, -0.15) is 0 Å². The third kappa shape index (κ3) is 3.94. The van der Waals surface area contributed by atoms with E-state index >= 15 is 0 Å². The fourth-order valence-electron chi connectivity index (χ4n) is 0.685. The van der Waals surface area contributed by atoms with E-state index in [0.29, 0.717) is 5.75 Å². The van der Waals surface area contributed by atoms with Gasteiger partial charge in [-0.15, -0.1) is 0 Å². The smallest absolute Gasteiger partial charge is 0.222 e. The molecule has 0 amide bonds. The maximum Gasteiger partial charge on any atom is 0.222 e. The molecule has 0 aliphatic rings. The normalized spacial score (nSPS) is 13.8. The largest absolute Gasteiger partial charge is 0.471 e. The van der Waals surface area contributed by atoms with Crippen LogP contribution in [-0.4, -0.2) is 8.81 Å². The topological polar surface area (TPSA) is 9.23 Å². The van der Waals surface area contributed by atoms with Crippen molar-refractivity contribution in [2.75, 3.05) is 0 Å². The summed E-state index contributed by atoms with van der Waals surface area (Å²) in [6.07, 6.45) is 0. The van der Waals surface area contributed by atoms with Crippen LogP contribution in [0, 0.1) is 0 Å². The van der Waals surface area contributed by atoms with Crippen LogP contribution in [0.2, 0.25) is 0 Å². The molecule has 0 N–H and O–H groups in total. The molecule has 0 aliphatic heterocycles. The molecule has 0 aliphatic carbocycles. The van der Waals surface area contributed by atoms with E-state index in [1.165, 1.54) is 0 Å². The maximum atomic E-state index is 5.76. The highest BCUT2D eigenvalue weighted by atomic mass is 79.9. The van der Waals surface area contributed by atoms with Gasteiger partial charge < -0.3 is 4.74 Å². The molecule has 1 aromatic carbocycles. The van der Waals surface area contributed by atoms with E-state index in [2.05, 4.69) is 15.9 Å². The van der Waals surface area contributed by atoms with Crippen LogP contribution in [-0.2, 0) is 0 Å². The Morgan fingerprint density at radius 2 is 1.77 bits per heavy atom. The zero-order valence-electron chi connectivity index (χ0n) is 6.38. The number of benzene rings is 1. The van der Waals surface area contributed by atoms with Crippen LogP contribution in [0.15, 0.2) is 30.3 Å². The van der Waals surface area contributed by atoms with Crippen molar-refractivity contribution in [3.05, 3.63) is 30.3 Å². The van der Waals surface area contributed by atoms with Crippen molar-refractivity contribution < 1.29 is 4.74 Å². The summed E-state index contributed by atoms with van der Waals surface area (Å²) in [4.78, 5) is 0. The molecule has 1 aromatic rings. The van der Waals surface area contributed by atoms with Gasteiger partial charge in [-0.3, -0.25) is 0 Å². The molecule has 13 heavy (non-hydrogen) atoms. The maximum absolute atomic E-state index is 5.76. The Morgan fingerprint density at radius 3 is 2.23 bits per heavy atom. The third-order valence-electron chi connectivity index (χ3n) is 1.24. The minimum Gasteiger partial charge on any atom is -0.471 e. The van der Waals surface area contributed by atoms with E-state index in [-0.39, 0.29) is 0 Å². The molecule has 5 heteroatoms. The van der Waals surface area contributed by atoms with Crippen molar-refractivity contribution in [2.45, 2.75) is 8.81 Å². The molecule has 1 nitrogen and oxygen atoms in total. The summed E-state index contributed by atoms with van der Waals surface area (Å²) in [6, 6.07) is 9.07. The van der Waals surface area contributed by atoms with Gasteiger partial charge in [0.25, 0.3) is 0 Å². The minimum atomic E-state index is -1.29. The highest BCUT2D eigenvalue weighted by Crippen LogP contribution is 2.36. The molecule has 0 radical (unpaired) electrons. The molecule has 0 saturated heterocycles. The van der Waals surface area contributed by atoms with E-state index < -0.39 is 8.81 Å². The van der Waals surface area contributed by atoms with Crippen LogP contribution < -0.4 is 4.74 Å². The molecule has 72 valence electrons. The summed E-state index contributed by atoms with van der Waals surface area (Å²) in [6.45, 7) is 0. The van der Waals surface area contributed by atoms with Crippen molar-refractivity contribution in [3.63, 3.8) is 0 Å². The summed E-state index contributed by atoms with van der Waals surface area (Å²) in [7, 11) is 0. The van der Waals surface area contributed by atoms with Crippen molar-refractivity contribution in [1.29, 1.82) is 0 Å². The number of halogens is 4. The molecule has 0 aromatic heterocycles. The van der Waals surface area contributed by atoms with Crippen LogP contribution in [0.3, 0.4) is 0 Å². The third-order valence-corrected chi connectivity index (χ3v) is 2.96. The summed E-state index contributed by atoms with van der Waals surface area (Å²) < 4.78 is 3.95. The number of ether oxygens (including phenoxy) is 1. The van der Waals surface area contributed by atoms with Crippen molar-refractivity contribution in [2.24, 2.45) is 0 Å². The molecule has 0 spiro atoms. The fraction of sp³-hybridized carbons (Fsp3) is 0.250. The number of hydrogen-bond acceptors (Lipinski definition) is 1. The Morgan fingerprint density at radius 1 is 1.23 bits per heavy atom. The molecular weight excluding hydrogens is 298 g/mol. The van der Waals surface area contributed by atoms with Gasteiger partial charge in [0.15, 0.2) is 0 Å². The quantitative estimate of drug-likeness (QED) is 0.762. The first-order valence-corrected chi connectivity index (χ1v) is 5.41. The van der Waals surface area contributed by atoms with Crippen molar-refractivity contribution in [3.8, 4) is 5.75 Å². The van der Waals surface area contributed by atoms with Gasteiger partial charge in [-0.25, -0.2) is 0 Å². The average molecular weight is 304 g/mol. The first-order valence-electron chi connectivity index (χ1n) is 3.42. The highest BCUT2D eigenvalue weighted by Gasteiger charge is 2.32. The second-order valence-electron chi connectivity index (χ2n) is 2.29. The van der Waals surface area contributed by atoms with Crippen LogP contribution in [0.4, 0.5) is 0 Å². The number of alkyl halides is 4. The first kappa shape index (κ1) is 11.4. The first-order chi connectivity index (χ1) is 6.00. The lowest BCUT2D eigenvalue weighted by Crippen LogP contribution is -2.25. The molecule has 1 atom stereocenters. The predicted molar refractivity (Wildman–Crippen MR) is 60.1 cm³/mol. The Labute approximate surface area is 100 Å². The van der Waals surface area contributed by atoms with Gasteiger partial charge >= 0.3 is 0 Å². The summed E-state index contributed by atoms with van der Waals surface area (Å²) in [5, 5.41) is 0. The SMILES string of the molecule is ClC(Oc1ccccc1)C(Cl)(Cl)Br. The van der Waals surface area contributed by atoms with Crippen LogP contribution in [0.25, 0.3) is 0 Å². The standard InChI is InChI=1S/C8H6BrCl3O/c9-8(11,12)7(10)13-6-4-2-1-3-5-6/h1-5,7H. The second kappa shape index (κ2) is 4.74. The fourth-order valence-corrected chi connectivity index (χ4v) is 0.971. The van der Waals surface area contributed by atoms with E-state index in [4.69, 9.17) is 39.5 Å². The zero-order valence-corrected chi connectivity index (χ0v) is 10.2. The van der Waals surface area contributed by atoms with Gasteiger partial charge in [0.05, 0.1) is 0 Å². The molecule has 1 rings (SSSR count). The van der Waals surface area contributed by atoms with Gasteiger partial charge in [0, 0.05) is 0 Å². The Bertz CT molecular complexity index is 260. The van der Waals surface area contributed by atoms with Crippen LogP contribution in [0.1, 0.15) is 0 Å². The van der Waals surface area contributed by atoms with Crippen molar-refractivity contribution >= 4 is 50.7 Å². The molecular formula is C8H6BrCl3O. The highest BCUT2D eigenvalue weighted by molar-refractivity contribution is 9.11. The van der Waals surface area contributed by atoms with Gasteiger partial charge in [-0.05, 0) is 28.1 Å². The minimum absolute atomic E-state index is 0.618. The molecule has 0 fully saturated rings. The van der Waals surface area contributed by atoms with E-state index in [1.807, 2.05) is 18.2 Å². The van der Waals surface area contributed by atoms with Crippen LogP contribution in [0.5, 0.6) is 5.75 Å². The summed E-state index contributed by atoms with van der Waals surface area (Å²) in [5.74, 6) is 0.618. The lowest BCUT2D eigenvalue weighted by Gasteiger charge is -2.19. The van der Waals surface area contributed by atoms with Gasteiger partial charge in [0.1, 0.15) is 5.75 Å². The molecule has 0 bridgehead atoms. The van der Waals surface area contributed by atoms with Crippen LogP contribution >= 0.6 is 50.7 Å². The lowest BCUT2D eigenvalue weighted by atomic mass is 10.3. The Hall–Kier alpha value is 0.370. The predicted octanol–water partition coefficient (Wildman–Crippen LogP) is 4.16. The number of rotatable bonds is 3. The molecule has 0 heterocycles. The molecule has 1 unspecified atom stereocenters. The summed E-state index contributed by atoms with van der Waals surface area (Å²) in [5.41, 5.74) is -0.849. The van der Waals surface area contributed by atoms with Gasteiger partial charge in [0.2, 0.25) is 8.81 Å².